The summed E-state index contributed by atoms with van der Waals surface area (Å²) in [6, 6.07) is 12.0. The Kier molecular flexibility index (Phi) is 3.77. The number of anilines is 1. The zero-order chi connectivity index (χ0) is 17.4. The zero-order valence-corrected chi connectivity index (χ0v) is 14.7. The first-order valence-electron chi connectivity index (χ1n) is 7.79. The minimum Gasteiger partial charge on any atom is -0.368 e. The van der Waals surface area contributed by atoms with Gasteiger partial charge in [0.2, 0.25) is 5.95 Å². The van der Waals surface area contributed by atoms with Crippen molar-refractivity contribution in [2.75, 3.05) is 5.73 Å². The minimum absolute atomic E-state index is 0.243. The number of nitrogens with two attached hydrogens (primary N) is 1. The van der Waals surface area contributed by atoms with Gasteiger partial charge in [0.25, 0.3) is 0 Å². The topological polar surface area (TPSA) is 82.5 Å². The molecule has 0 aliphatic carbocycles. The highest BCUT2D eigenvalue weighted by molar-refractivity contribution is 7.13. The lowest BCUT2D eigenvalue weighted by Gasteiger charge is -2.07. The maximum Gasteiger partial charge on any atom is 0.221 e. The smallest absolute Gasteiger partial charge is 0.221 e. The number of nitrogens with zero attached hydrogens (tertiary/aromatic N) is 5. The van der Waals surface area contributed by atoms with Crippen LogP contribution in [0.1, 0.15) is 11.4 Å². The SMILES string of the molecule is Cc1nn(-c2ccccc2)c(C)c1-c1cc(-c2cncs2)nc(N)n1. The van der Waals surface area contributed by atoms with E-state index in [0.717, 1.165) is 38.9 Å². The van der Waals surface area contributed by atoms with Crippen molar-refractivity contribution >= 4 is 17.3 Å². The first kappa shape index (κ1) is 15.5. The highest BCUT2D eigenvalue weighted by Crippen LogP contribution is 2.31. The van der Waals surface area contributed by atoms with Crippen molar-refractivity contribution in [2.45, 2.75) is 13.8 Å². The molecule has 25 heavy (non-hydrogen) atoms. The third-order valence-electron chi connectivity index (χ3n) is 3.98. The summed E-state index contributed by atoms with van der Waals surface area (Å²) in [5, 5.41) is 4.68. The number of aromatic nitrogens is 5. The molecule has 124 valence electrons. The standard InChI is InChI=1S/C18H16N6S/c1-11-17(12(2)24(23-11)13-6-4-3-5-7-13)15-8-14(21-18(19)22-15)16-9-20-10-25-16/h3-10H,1-2H3,(H2,19,21,22). The molecule has 4 rings (SSSR count). The summed E-state index contributed by atoms with van der Waals surface area (Å²) in [4.78, 5) is 13.8. The van der Waals surface area contributed by atoms with Gasteiger partial charge in [-0.05, 0) is 32.0 Å². The van der Waals surface area contributed by atoms with E-state index in [1.165, 1.54) is 11.3 Å². The fourth-order valence-electron chi connectivity index (χ4n) is 2.90. The van der Waals surface area contributed by atoms with Crippen molar-refractivity contribution < 1.29 is 0 Å². The van der Waals surface area contributed by atoms with E-state index in [0.29, 0.717) is 0 Å². The van der Waals surface area contributed by atoms with Crippen LogP contribution >= 0.6 is 11.3 Å². The average molecular weight is 348 g/mol. The molecular formula is C18H16N6S. The van der Waals surface area contributed by atoms with Gasteiger partial charge in [-0.2, -0.15) is 5.10 Å². The Labute approximate surface area is 149 Å². The maximum atomic E-state index is 5.96. The fraction of sp³-hybridized carbons (Fsp3) is 0.111. The largest absolute Gasteiger partial charge is 0.368 e. The van der Waals surface area contributed by atoms with Crippen LogP contribution in [0.4, 0.5) is 5.95 Å². The van der Waals surface area contributed by atoms with Crippen molar-refractivity contribution in [3.8, 4) is 27.5 Å². The summed E-state index contributed by atoms with van der Waals surface area (Å²) in [6.07, 6.45) is 1.78. The number of aryl methyl sites for hydroxylation is 1. The molecule has 0 radical (unpaired) electrons. The molecule has 3 aromatic heterocycles. The lowest BCUT2D eigenvalue weighted by molar-refractivity contribution is 0.834. The van der Waals surface area contributed by atoms with Crippen LogP contribution in [0.3, 0.4) is 0 Å². The van der Waals surface area contributed by atoms with Crippen LogP contribution in [-0.2, 0) is 0 Å². The van der Waals surface area contributed by atoms with Crippen LogP contribution in [0.25, 0.3) is 27.5 Å². The monoisotopic (exact) mass is 348 g/mol. The minimum atomic E-state index is 0.243. The highest BCUT2D eigenvalue weighted by atomic mass is 32.1. The molecule has 3 heterocycles. The van der Waals surface area contributed by atoms with Crippen LogP contribution in [0.2, 0.25) is 0 Å². The maximum absolute atomic E-state index is 5.96. The van der Waals surface area contributed by atoms with Gasteiger partial charge in [-0.25, -0.2) is 14.6 Å². The van der Waals surface area contributed by atoms with E-state index in [-0.39, 0.29) is 5.95 Å². The second-order valence-electron chi connectivity index (χ2n) is 5.66. The molecular weight excluding hydrogens is 332 g/mol. The molecule has 6 nitrogen and oxygen atoms in total. The summed E-state index contributed by atoms with van der Waals surface area (Å²) in [6.45, 7) is 4.01. The molecule has 0 aliphatic rings. The summed E-state index contributed by atoms with van der Waals surface area (Å²) in [7, 11) is 0. The molecule has 0 amide bonds. The lowest BCUT2D eigenvalue weighted by Crippen LogP contribution is -2.00. The molecule has 7 heteroatoms. The molecule has 0 saturated heterocycles. The molecule has 2 N–H and O–H groups in total. The first-order valence-corrected chi connectivity index (χ1v) is 8.67. The number of nitrogen functional groups attached to an aromatic ring is 1. The van der Waals surface area contributed by atoms with E-state index in [2.05, 4.69) is 20.1 Å². The Bertz CT molecular complexity index is 1020. The molecule has 0 fully saturated rings. The molecule has 0 aliphatic heterocycles. The van der Waals surface area contributed by atoms with E-state index in [9.17, 15) is 0 Å². The summed E-state index contributed by atoms with van der Waals surface area (Å²) < 4.78 is 1.93. The van der Waals surface area contributed by atoms with Gasteiger partial charge in [0.05, 0.1) is 38.9 Å². The van der Waals surface area contributed by atoms with Gasteiger partial charge in [-0.1, -0.05) is 18.2 Å². The highest BCUT2D eigenvalue weighted by Gasteiger charge is 2.17. The van der Waals surface area contributed by atoms with E-state index in [1.807, 2.05) is 54.9 Å². The number of rotatable bonds is 3. The molecule has 0 atom stereocenters. The van der Waals surface area contributed by atoms with Crippen LogP contribution in [0, 0.1) is 13.8 Å². The Morgan fingerprint density at radius 3 is 2.52 bits per heavy atom. The molecule has 0 bridgehead atoms. The van der Waals surface area contributed by atoms with Gasteiger partial charge < -0.3 is 5.73 Å². The van der Waals surface area contributed by atoms with Crippen molar-refractivity contribution in [1.82, 2.24) is 24.7 Å². The Morgan fingerprint density at radius 2 is 1.80 bits per heavy atom. The van der Waals surface area contributed by atoms with Crippen LogP contribution < -0.4 is 5.73 Å². The van der Waals surface area contributed by atoms with Gasteiger partial charge in [0, 0.05) is 11.8 Å². The average Bonchev–Trinajstić information content (AvgIpc) is 3.23. The van der Waals surface area contributed by atoms with E-state index in [1.54, 1.807) is 11.7 Å². The lowest BCUT2D eigenvalue weighted by atomic mass is 10.1. The number of thiazole rings is 1. The third-order valence-corrected chi connectivity index (χ3v) is 4.77. The van der Waals surface area contributed by atoms with Crippen molar-refractivity contribution in [2.24, 2.45) is 0 Å². The molecule has 0 saturated carbocycles. The van der Waals surface area contributed by atoms with Crippen LogP contribution in [-0.4, -0.2) is 24.7 Å². The Morgan fingerprint density at radius 1 is 1.04 bits per heavy atom. The number of benzene rings is 1. The first-order chi connectivity index (χ1) is 12.1. The second-order valence-corrected chi connectivity index (χ2v) is 6.54. The van der Waals surface area contributed by atoms with Gasteiger partial charge in [0.15, 0.2) is 0 Å². The van der Waals surface area contributed by atoms with E-state index >= 15 is 0 Å². The third kappa shape index (κ3) is 2.78. The molecule has 1 aromatic carbocycles. The van der Waals surface area contributed by atoms with Crippen LogP contribution in [0.5, 0.6) is 0 Å². The predicted molar refractivity (Wildman–Crippen MR) is 99.6 cm³/mol. The Hall–Kier alpha value is -3.06. The summed E-state index contributed by atoms with van der Waals surface area (Å²) in [5.41, 5.74) is 13.2. The zero-order valence-electron chi connectivity index (χ0n) is 13.8. The van der Waals surface area contributed by atoms with E-state index in [4.69, 9.17) is 5.73 Å². The second kappa shape index (κ2) is 6.10. The molecule has 4 aromatic rings. The van der Waals surface area contributed by atoms with E-state index < -0.39 is 0 Å². The van der Waals surface area contributed by atoms with Gasteiger partial charge in [-0.3, -0.25) is 4.98 Å². The molecule has 0 spiro atoms. The quantitative estimate of drug-likeness (QED) is 0.611. The van der Waals surface area contributed by atoms with Crippen LogP contribution in [0.15, 0.2) is 48.1 Å². The van der Waals surface area contributed by atoms with Gasteiger partial charge in [0.1, 0.15) is 0 Å². The predicted octanol–water partition coefficient (Wildman–Crippen LogP) is 3.65. The van der Waals surface area contributed by atoms with Crippen molar-refractivity contribution in [3.05, 3.63) is 59.5 Å². The summed E-state index contributed by atoms with van der Waals surface area (Å²) >= 11 is 1.52. The molecule has 0 unspecified atom stereocenters. The normalized spacial score (nSPS) is 11.0. The van der Waals surface area contributed by atoms with Gasteiger partial charge in [-0.15, -0.1) is 11.3 Å². The van der Waals surface area contributed by atoms with Crippen molar-refractivity contribution in [3.63, 3.8) is 0 Å². The number of hydrogen-bond acceptors (Lipinski definition) is 6. The van der Waals surface area contributed by atoms with Gasteiger partial charge >= 0.3 is 0 Å². The Balaban J connectivity index is 1.87. The van der Waals surface area contributed by atoms with Crippen molar-refractivity contribution in [1.29, 1.82) is 0 Å². The number of para-hydroxylation sites is 1. The fourth-order valence-corrected chi connectivity index (χ4v) is 3.48. The number of hydrogen-bond donors (Lipinski definition) is 1. The summed E-state index contributed by atoms with van der Waals surface area (Å²) in [5.74, 6) is 0.243.